The molecule has 1 unspecified atom stereocenters. The van der Waals surface area contributed by atoms with E-state index in [4.69, 9.17) is 5.73 Å². The first kappa shape index (κ1) is 18.2. The van der Waals surface area contributed by atoms with Gasteiger partial charge in [0.05, 0.1) is 6.04 Å². The average Bonchev–Trinajstić information content (AvgIpc) is 2.49. The summed E-state index contributed by atoms with van der Waals surface area (Å²) in [5, 5.41) is 0. The number of hydrogen-bond donors (Lipinski definition) is 1. The van der Waals surface area contributed by atoms with Gasteiger partial charge in [0, 0.05) is 13.6 Å². The topological polar surface area (TPSA) is 46.3 Å². The summed E-state index contributed by atoms with van der Waals surface area (Å²) in [6.07, 6.45) is 0.567. The average molecular weight is 319 g/mol. The minimum atomic E-state index is -0.497. The quantitative estimate of drug-likeness (QED) is 0.921. The Balaban J connectivity index is 0.00000242. The van der Waals surface area contributed by atoms with Gasteiger partial charge in [0.25, 0.3) is 0 Å². The smallest absolute Gasteiger partial charge is 0.239 e. The van der Waals surface area contributed by atoms with E-state index in [1.54, 1.807) is 11.9 Å². The van der Waals surface area contributed by atoms with Crippen LogP contribution in [-0.4, -0.2) is 23.9 Å². The summed E-state index contributed by atoms with van der Waals surface area (Å²) in [7, 11) is 1.80. The zero-order chi connectivity index (χ0) is 15.2. The summed E-state index contributed by atoms with van der Waals surface area (Å²) in [4.78, 5) is 14.0. The zero-order valence-corrected chi connectivity index (χ0v) is 13.8. The number of rotatable bonds is 5. The number of likely N-dealkylation sites (N-methyl/N-ethyl adjacent to an activating group) is 1. The van der Waals surface area contributed by atoms with Gasteiger partial charge < -0.3 is 10.6 Å². The number of aryl methyl sites for hydroxylation is 1. The van der Waals surface area contributed by atoms with Crippen molar-refractivity contribution in [3.05, 3.63) is 71.3 Å². The SMILES string of the molecule is Cc1ccc(CN(C)C(=O)C(N)Cc2ccccc2)cc1.Cl. The molecule has 2 N–H and O–H groups in total. The molecule has 2 aromatic rings. The van der Waals surface area contributed by atoms with Crippen molar-refractivity contribution in [3.63, 3.8) is 0 Å². The Bertz CT molecular complexity index is 584. The minimum Gasteiger partial charge on any atom is -0.340 e. The standard InChI is InChI=1S/C18H22N2O.ClH/c1-14-8-10-16(11-9-14)13-20(2)18(21)17(19)12-15-6-4-3-5-7-15;/h3-11,17H,12-13,19H2,1-2H3;1H. The van der Waals surface area contributed by atoms with Gasteiger partial charge >= 0.3 is 0 Å². The second-order valence-electron chi connectivity index (χ2n) is 5.48. The van der Waals surface area contributed by atoms with Crippen LogP contribution in [-0.2, 0) is 17.8 Å². The molecule has 118 valence electrons. The number of amides is 1. The molecule has 1 atom stereocenters. The Hall–Kier alpha value is -1.84. The van der Waals surface area contributed by atoms with Crippen LogP contribution < -0.4 is 5.73 Å². The maximum absolute atomic E-state index is 12.3. The Labute approximate surface area is 138 Å². The van der Waals surface area contributed by atoms with Gasteiger partial charge in [-0.2, -0.15) is 0 Å². The van der Waals surface area contributed by atoms with Crippen molar-refractivity contribution in [2.75, 3.05) is 7.05 Å². The Kier molecular flexibility index (Phi) is 7.09. The number of carbonyl (C=O) groups is 1. The van der Waals surface area contributed by atoms with E-state index in [0.29, 0.717) is 13.0 Å². The van der Waals surface area contributed by atoms with E-state index in [1.165, 1.54) is 5.56 Å². The molecular weight excluding hydrogens is 296 g/mol. The van der Waals surface area contributed by atoms with E-state index in [9.17, 15) is 4.79 Å². The third-order valence-corrected chi connectivity index (χ3v) is 3.53. The van der Waals surface area contributed by atoms with E-state index in [-0.39, 0.29) is 18.3 Å². The fraction of sp³-hybridized carbons (Fsp3) is 0.278. The van der Waals surface area contributed by atoms with Crippen LogP contribution in [0, 0.1) is 6.92 Å². The summed E-state index contributed by atoms with van der Waals surface area (Å²) >= 11 is 0. The third-order valence-electron chi connectivity index (χ3n) is 3.53. The van der Waals surface area contributed by atoms with Crippen LogP contribution >= 0.6 is 12.4 Å². The lowest BCUT2D eigenvalue weighted by molar-refractivity contribution is -0.131. The van der Waals surface area contributed by atoms with Crippen molar-refractivity contribution >= 4 is 18.3 Å². The number of halogens is 1. The van der Waals surface area contributed by atoms with Gasteiger partial charge in [-0.1, -0.05) is 60.2 Å². The molecule has 2 aromatic carbocycles. The van der Waals surface area contributed by atoms with Crippen LogP contribution in [0.5, 0.6) is 0 Å². The fourth-order valence-electron chi connectivity index (χ4n) is 2.28. The zero-order valence-electron chi connectivity index (χ0n) is 13.0. The van der Waals surface area contributed by atoms with Crippen molar-refractivity contribution in [1.82, 2.24) is 4.90 Å². The Morgan fingerprint density at radius 1 is 1.05 bits per heavy atom. The number of nitrogens with zero attached hydrogens (tertiary/aromatic N) is 1. The number of hydrogen-bond acceptors (Lipinski definition) is 2. The summed E-state index contributed by atoms with van der Waals surface area (Å²) in [6, 6.07) is 17.6. The highest BCUT2D eigenvalue weighted by molar-refractivity contribution is 5.85. The number of carbonyl (C=O) groups excluding carboxylic acids is 1. The van der Waals surface area contributed by atoms with Gasteiger partial charge in [-0.05, 0) is 24.5 Å². The predicted molar refractivity (Wildman–Crippen MR) is 93.0 cm³/mol. The molecule has 22 heavy (non-hydrogen) atoms. The van der Waals surface area contributed by atoms with Gasteiger partial charge in [0.2, 0.25) is 5.91 Å². The molecule has 0 fully saturated rings. The van der Waals surface area contributed by atoms with Crippen LogP contribution in [0.2, 0.25) is 0 Å². The van der Waals surface area contributed by atoms with Crippen molar-refractivity contribution in [2.45, 2.75) is 25.9 Å². The summed E-state index contributed by atoms with van der Waals surface area (Å²) in [6.45, 7) is 2.63. The Morgan fingerprint density at radius 3 is 2.23 bits per heavy atom. The molecule has 0 aliphatic rings. The molecule has 0 aliphatic carbocycles. The van der Waals surface area contributed by atoms with E-state index in [1.807, 2.05) is 42.5 Å². The molecule has 0 radical (unpaired) electrons. The fourth-order valence-corrected chi connectivity index (χ4v) is 2.28. The van der Waals surface area contributed by atoms with Gasteiger partial charge in [-0.3, -0.25) is 4.79 Å². The first-order chi connectivity index (χ1) is 10.1. The van der Waals surface area contributed by atoms with Gasteiger partial charge in [-0.15, -0.1) is 12.4 Å². The molecule has 2 rings (SSSR count). The lowest BCUT2D eigenvalue weighted by atomic mass is 10.1. The third kappa shape index (κ3) is 5.17. The van der Waals surface area contributed by atoms with Crippen LogP contribution in [0.1, 0.15) is 16.7 Å². The molecule has 0 heterocycles. The van der Waals surface area contributed by atoms with Crippen LogP contribution in [0.3, 0.4) is 0 Å². The monoisotopic (exact) mass is 318 g/mol. The summed E-state index contributed by atoms with van der Waals surface area (Å²) in [5.74, 6) is -0.0283. The second-order valence-corrected chi connectivity index (χ2v) is 5.48. The summed E-state index contributed by atoms with van der Waals surface area (Å²) in [5.41, 5.74) is 9.45. The molecule has 0 bridgehead atoms. The van der Waals surface area contributed by atoms with Crippen molar-refractivity contribution in [2.24, 2.45) is 5.73 Å². The van der Waals surface area contributed by atoms with E-state index in [2.05, 4.69) is 19.1 Å². The molecule has 0 spiro atoms. The predicted octanol–water partition coefficient (Wildman–Crippen LogP) is 2.95. The molecule has 0 saturated heterocycles. The van der Waals surface area contributed by atoms with E-state index < -0.39 is 6.04 Å². The Morgan fingerprint density at radius 2 is 1.64 bits per heavy atom. The maximum Gasteiger partial charge on any atom is 0.239 e. The van der Waals surface area contributed by atoms with Crippen molar-refractivity contribution in [1.29, 1.82) is 0 Å². The van der Waals surface area contributed by atoms with Crippen molar-refractivity contribution < 1.29 is 4.79 Å². The normalized spacial score (nSPS) is 11.4. The van der Waals surface area contributed by atoms with E-state index >= 15 is 0 Å². The van der Waals surface area contributed by atoms with Crippen LogP contribution in [0.4, 0.5) is 0 Å². The molecule has 4 heteroatoms. The van der Waals surface area contributed by atoms with Gasteiger partial charge in [0.15, 0.2) is 0 Å². The number of benzene rings is 2. The van der Waals surface area contributed by atoms with Crippen LogP contribution in [0.15, 0.2) is 54.6 Å². The first-order valence-corrected chi connectivity index (χ1v) is 7.16. The highest BCUT2D eigenvalue weighted by Gasteiger charge is 2.18. The molecular formula is C18H23ClN2O. The highest BCUT2D eigenvalue weighted by atomic mass is 35.5. The number of nitrogens with two attached hydrogens (primary N) is 1. The maximum atomic E-state index is 12.3. The molecule has 0 saturated carbocycles. The lowest BCUT2D eigenvalue weighted by Gasteiger charge is -2.21. The molecule has 0 aromatic heterocycles. The van der Waals surface area contributed by atoms with Crippen molar-refractivity contribution in [3.8, 4) is 0 Å². The first-order valence-electron chi connectivity index (χ1n) is 7.16. The largest absolute Gasteiger partial charge is 0.340 e. The lowest BCUT2D eigenvalue weighted by Crippen LogP contribution is -2.42. The van der Waals surface area contributed by atoms with E-state index in [0.717, 1.165) is 11.1 Å². The highest BCUT2D eigenvalue weighted by Crippen LogP contribution is 2.08. The minimum absolute atomic E-state index is 0. The second kappa shape index (κ2) is 8.57. The molecule has 1 amide bonds. The van der Waals surface area contributed by atoms with Gasteiger partial charge in [-0.25, -0.2) is 0 Å². The molecule has 3 nitrogen and oxygen atoms in total. The van der Waals surface area contributed by atoms with Gasteiger partial charge in [0.1, 0.15) is 0 Å². The van der Waals surface area contributed by atoms with Crippen LogP contribution in [0.25, 0.3) is 0 Å². The summed E-state index contributed by atoms with van der Waals surface area (Å²) < 4.78 is 0. The molecule has 0 aliphatic heterocycles.